The van der Waals surface area contributed by atoms with E-state index in [1.54, 1.807) is 0 Å². The number of allylic oxidation sites excluding steroid dienone is 5. The van der Waals surface area contributed by atoms with Crippen molar-refractivity contribution in [2.75, 3.05) is 14.7 Å². The summed E-state index contributed by atoms with van der Waals surface area (Å²) in [6.07, 6.45) is 13.1. The Balaban J connectivity index is 1.35. The fourth-order valence-electron chi connectivity index (χ4n) is 12.7. The molecule has 10 rings (SSSR count). The van der Waals surface area contributed by atoms with Crippen LogP contribution in [0.15, 0.2) is 146 Å². The highest BCUT2D eigenvalue weighted by atomic mass is 15.3. The Morgan fingerprint density at radius 2 is 1.03 bits per heavy atom. The molecule has 4 heteroatoms. The highest BCUT2D eigenvalue weighted by molar-refractivity contribution is 7.00. The smallest absolute Gasteiger partial charge is 0.252 e. The van der Waals surface area contributed by atoms with Gasteiger partial charge in [-0.2, -0.15) is 0 Å². The van der Waals surface area contributed by atoms with Gasteiger partial charge in [0.1, 0.15) is 0 Å². The number of hydrogen-bond donors (Lipinski definition) is 0. The number of fused-ring (bicyclic) bond motifs is 7. The summed E-state index contributed by atoms with van der Waals surface area (Å²) >= 11 is 0. The van der Waals surface area contributed by atoms with E-state index < -0.39 is 0 Å². The van der Waals surface area contributed by atoms with Gasteiger partial charge in [-0.25, -0.2) is 0 Å². The third-order valence-electron chi connectivity index (χ3n) is 17.1. The Morgan fingerprint density at radius 3 is 1.51 bits per heavy atom. The normalized spacial score (nSPS) is 19.9. The van der Waals surface area contributed by atoms with Gasteiger partial charge in [0.25, 0.3) is 6.71 Å². The van der Waals surface area contributed by atoms with Gasteiger partial charge >= 0.3 is 0 Å². The van der Waals surface area contributed by atoms with Gasteiger partial charge < -0.3 is 14.7 Å². The second-order valence-corrected chi connectivity index (χ2v) is 25.9. The number of rotatable bonds is 6. The molecule has 0 spiro atoms. The van der Waals surface area contributed by atoms with Crippen LogP contribution >= 0.6 is 0 Å². The lowest BCUT2D eigenvalue weighted by Crippen LogP contribution is -2.61. The first-order valence-corrected chi connectivity index (χ1v) is 26.6. The van der Waals surface area contributed by atoms with Crippen molar-refractivity contribution in [3.63, 3.8) is 0 Å². The van der Waals surface area contributed by atoms with E-state index in [0.717, 1.165) is 12.8 Å². The maximum atomic E-state index is 4.00. The highest BCUT2D eigenvalue weighted by Crippen LogP contribution is 2.62. The van der Waals surface area contributed by atoms with Crippen molar-refractivity contribution in [2.24, 2.45) is 0 Å². The topological polar surface area (TPSA) is 9.72 Å². The molecule has 2 atom stereocenters. The van der Waals surface area contributed by atoms with E-state index in [9.17, 15) is 0 Å². The first-order valence-electron chi connectivity index (χ1n) is 26.6. The quantitative estimate of drug-likeness (QED) is 0.121. The number of hydrogen-bond acceptors (Lipinski definition) is 3. The predicted octanol–water partition coefficient (Wildman–Crippen LogP) is 16.8. The fourth-order valence-corrected chi connectivity index (χ4v) is 12.7. The second kappa shape index (κ2) is 16.8. The van der Waals surface area contributed by atoms with E-state index in [1.807, 2.05) is 6.08 Å². The molecule has 3 aliphatic heterocycles. The molecule has 0 radical (unpaired) electrons. The van der Waals surface area contributed by atoms with Crippen molar-refractivity contribution in [2.45, 2.75) is 162 Å². The number of anilines is 8. The maximum Gasteiger partial charge on any atom is 0.252 e. The summed E-state index contributed by atoms with van der Waals surface area (Å²) in [6.45, 7) is 39.5. The Hall–Kier alpha value is -6.00. The highest BCUT2D eigenvalue weighted by Gasteiger charge is 2.58. The SMILES string of the molecule is C=C/C=C\C(=C/C)c1ccc2c(c1)C1(C)CCCCC1(C)N2c1cc2c3c(c1)N(c1cccc(C(C)(C)C)c1)c1cc(C(C)(C)C)ccc1B3c1ccc(C(C)(C)C)cc1N2c1cccc(C(C)(C)C)c1. The standard InChI is InChI=1S/C67H78BN3/c1-17-19-24-44(18-2)45-29-34-56-53(37-45)66(15)35-20-21-36-67(66,16)71(56)52-42-59-61-60(43-52)70(51-28-23-26-47(39-51)63(6,7)8)58-41-49(65(12,13)14)31-33-55(58)68(61)54-32-30-48(64(9,10)11)40-57(54)69(59)50-27-22-25-46(38-50)62(3,4)5/h17-19,22-34,37-43H,1,20-21,35-36H2,2-16H3/b24-19-,44-18+. The van der Waals surface area contributed by atoms with Crippen LogP contribution in [0.5, 0.6) is 0 Å². The van der Waals surface area contributed by atoms with Crippen molar-refractivity contribution < 1.29 is 0 Å². The van der Waals surface area contributed by atoms with Crippen molar-refractivity contribution in [1.29, 1.82) is 0 Å². The van der Waals surface area contributed by atoms with Gasteiger partial charge in [-0.15, -0.1) is 0 Å². The summed E-state index contributed by atoms with van der Waals surface area (Å²) in [5.41, 5.74) is 23.0. The largest absolute Gasteiger partial charge is 0.334 e. The lowest BCUT2D eigenvalue weighted by atomic mass is 9.33. The third-order valence-corrected chi connectivity index (χ3v) is 17.1. The number of nitrogens with zero attached hydrogens (tertiary/aromatic N) is 3. The monoisotopic (exact) mass is 936 g/mol. The molecule has 0 bridgehead atoms. The molecule has 0 amide bonds. The van der Waals surface area contributed by atoms with Gasteiger partial charge in [-0.3, -0.25) is 0 Å². The van der Waals surface area contributed by atoms with E-state index in [0.29, 0.717) is 0 Å². The zero-order valence-electron chi connectivity index (χ0n) is 45.7. The Bertz CT molecular complexity index is 3030. The molecule has 1 aliphatic carbocycles. The molecule has 0 saturated heterocycles. The summed E-state index contributed by atoms with van der Waals surface area (Å²) < 4.78 is 0. The molecule has 2 unspecified atom stereocenters. The predicted molar refractivity (Wildman–Crippen MR) is 311 cm³/mol. The Labute approximate surface area is 428 Å². The van der Waals surface area contributed by atoms with E-state index in [2.05, 4.69) is 259 Å². The fraction of sp³-hybridized carbons (Fsp3) is 0.373. The molecular formula is C67H78BN3. The van der Waals surface area contributed by atoms with Gasteiger partial charge in [0.15, 0.2) is 0 Å². The second-order valence-electron chi connectivity index (χ2n) is 25.9. The molecule has 71 heavy (non-hydrogen) atoms. The van der Waals surface area contributed by atoms with E-state index >= 15 is 0 Å². The average Bonchev–Trinajstić information content (AvgIpc) is 3.52. The molecule has 4 aliphatic rings. The molecule has 3 nitrogen and oxygen atoms in total. The van der Waals surface area contributed by atoms with Gasteiger partial charge in [0.05, 0.1) is 5.54 Å². The molecule has 364 valence electrons. The zero-order valence-corrected chi connectivity index (χ0v) is 45.7. The van der Waals surface area contributed by atoms with Crippen molar-refractivity contribution in [3.05, 3.63) is 180 Å². The van der Waals surface area contributed by atoms with Gasteiger partial charge in [0.2, 0.25) is 0 Å². The maximum absolute atomic E-state index is 4.00. The third kappa shape index (κ3) is 7.85. The van der Waals surface area contributed by atoms with Crippen LogP contribution in [0, 0.1) is 0 Å². The lowest BCUT2D eigenvalue weighted by molar-refractivity contribution is 0.195. The van der Waals surface area contributed by atoms with Crippen LogP contribution in [-0.4, -0.2) is 12.3 Å². The summed E-state index contributed by atoms with van der Waals surface area (Å²) in [5.74, 6) is 0. The molecule has 3 heterocycles. The van der Waals surface area contributed by atoms with Crippen LogP contribution in [0.25, 0.3) is 5.57 Å². The van der Waals surface area contributed by atoms with Crippen LogP contribution in [0.4, 0.5) is 45.5 Å². The van der Waals surface area contributed by atoms with E-state index in [4.69, 9.17) is 0 Å². The van der Waals surface area contributed by atoms with Crippen molar-refractivity contribution >= 4 is 74.2 Å². The number of benzene rings is 6. The van der Waals surface area contributed by atoms with Crippen LogP contribution in [0.2, 0.25) is 0 Å². The van der Waals surface area contributed by atoms with Crippen molar-refractivity contribution in [1.82, 2.24) is 0 Å². The summed E-state index contributed by atoms with van der Waals surface area (Å²) in [6, 6.07) is 46.2. The van der Waals surface area contributed by atoms with Crippen LogP contribution in [0.1, 0.15) is 163 Å². The average molecular weight is 936 g/mol. The molecule has 6 aromatic carbocycles. The first-order chi connectivity index (χ1) is 33.4. The van der Waals surface area contributed by atoms with Gasteiger partial charge in [-0.05, 0) is 164 Å². The first kappa shape index (κ1) is 48.6. The summed E-state index contributed by atoms with van der Waals surface area (Å²) in [4.78, 5) is 8.12. The van der Waals surface area contributed by atoms with Gasteiger partial charge in [0, 0.05) is 50.9 Å². The molecule has 6 aromatic rings. The van der Waals surface area contributed by atoms with Crippen LogP contribution in [-0.2, 0) is 27.1 Å². The Morgan fingerprint density at radius 1 is 0.535 bits per heavy atom. The zero-order chi connectivity index (χ0) is 50.8. The van der Waals surface area contributed by atoms with E-state index in [-0.39, 0.29) is 39.3 Å². The molecular weight excluding hydrogens is 858 g/mol. The lowest BCUT2D eigenvalue weighted by Gasteiger charge is -2.51. The molecule has 1 saturated carbocycles. The molecule has 1 fully saturated rings. The minimum absolute atomic E-state index is 0.0120. The van der Waals surface area contributed by atoms with Gasteiger partial charge in [-0.1, -0.05) is 188 Å². The molecule has 0 N–H and O–H groups in total. The molecule has 0 aromatic heterocycles. The summed E-state index contributed by atoms with van der Waals surface area (Å²) in [7, 11) is 0. The van der Waals surface area contributed by atoms with Crippen LogP contribution < -0.4 is 31.1 Å². The summed E-state index contributed by atoms with van der Waals surface area (Å²) in [5, 5.41) is 0. The van der Waals surface area contributed by atoms with Crippen LogP contribution in [0.3, 0.4) is 0 Å². The minimum Gasteiger partial charge on any atom is -0.334 e. The van der Waals surface area contributed by atoms with Crippen molar-refractivity contribution in [3.8, 4) is 0 Å². The minimum atomic E-state index is -0.175. The Kier molecular flexibility index (Phi) is 11.5. The van der Waals surface area contributed by atoms with E-state index in [1.165, 1.54) is 114 Å².